The Labute approximate surface area is 648 Å². The summed E-state index contributed by atoms with van der Waals surface area (Å²) in [5.41, 5.74) is 6.72. The predicted molar refractivity (Wildman–Crippen MR) is 410 cm³/mol. The van der Waals surface area contributed by atoms with Crippen LogP contribution in [0.3, 0.4) is 0 Å². The van der Waals surface area contributed by atoms with Gasteiger partial charge in [0, 0.05) is 13.5 Å². The second-order valence-electron chi connectivity index (χ2n) is 26.6. The molecule has 0 aliphatic carbocycles. The fraction of sp³-hybridized carbons (Fsp3) is 0.364. The largest absolute Gasteiger partial charge is 0.475 e. The van der Waals surface area contributed by atoms with Gasteiger partial charge in [-0.2, -0.15) is 0 Å². The predicted octanol–water partition coefficient (Wildman–Crippen LogP) is 15.3. The fourth-order valence-corrected chi connectivity index (χ4v) is 13.4. The van der Waals surface area contributed by atoms with Gasteiger partial charge in [-0.25, -0.2) is 13.3 Å². The summed E-state index contributed by atoms with van der Waals surface area (Å²) < 4.78 is 155. The number of carbonyl (C=O) groups excluding carboxylic acids is 2. The standard InChI is InChI=1S/C88H99F2O20P/c1-65(92)48-49-81(93)109-86(76(95-2)60-96-51-66-30-12-3-13-31-66)87(90)104-62-77(99-54-69-36-18-6-19-37-69)84(103-58-73-44-26-10-27-45-73)79(101-56-71-40-22-8-23-41-71)64-107-111(94,106-59-74-46-28-11-29-47-74)110-85-80(61-97-52-67-32-14-4-15-33-67)108-88(82(85)89)105-63-78(100-55-70-38-20-7-21-39-70)83(102-57-72-42-24-9-25-43-72)75(50-91)98-53-68-34-16-5-17-35-68/h3-47,75-80,82-88,91H,48-64H2,1-2H3. The molecular formula is C88H99F2O20P. The van der Waals surface area contributed by atoms with Crippen LogP contribution < -0.4 is 0 Å². The van der Waals surface area contributed by atoms with Gasteiger partial charge in [-0.1, -0.05) is 273 Å². The zero-order valence-corrected chi connectivity index (χ0v) is 63.3. The Balaban J connectivity index is 0.985. The first-order valence-corrected chi connectivity index (χ1v) is 38.6. The number of methoxy groups -OCH3 is 1. The highest BCUT2D eigenvalue weighted by Gasteiger charge is 2.52. The quantitative estimate of drug-likeness (QED) is 0.0277. The van der Waals surface area contributed by atoms with Gasteiger partial charge in [-0.15, -0.1) is 0 Å². The SMILES string of the molecule is COC(COCc1ccccc1)C(OC(=O)CCC(C)=O)C(F)OCC(OCc1ccccc1)C(OCc1ccccc1)C(COP(=O)(OCc1ccccc1)OC1C(COCc2ccccc2)OC(OCC(OCc2ccccc2)C(OCc2ccccc2)C(CO)OCc2ccccc2)C1F)OCc1ccccc1. The molecule has 1 heterocycles. The number of esters is 1. The highest BCUT2D eigenvalue weighted by molar-refractivity contribution is 7.48. The molecule has 1 fully saturated rings. The molecule has 0 spiro atoms. The van der Waals surface area contributed by atoms with Crippen molar-refractivity contribution >= 4 is 19.6 Å². The summed E-state index contributed by atoms with van der Waals surface area (Å²) in [5.74, 6) is -1.17. The number of phosphoric ester groups is 1. The minimum Gasteiger partial charge on any atom is -0.454 e. The van der Waals surface area contributed by atoms with Gasteiger partial charge in [0.05, 0.1) is 106 Å². The van der Waals surface area contributed by atoms with Crippen molar-refractivity contribution in [1.82, 2.24) is 0 Å². The lowest BCUT2D eigenvalue weighted by molar-refractivity contribution is -0.219. The Hall–Kier alpha value is -8.43. The van der Waals surface area contributed by atoms with E-state index in [1.54, 1.807) is 30.3 Å². The van der Waals surface area contributed by atoms with Gasteiger partial charge in [0.2, 0.25) is 6.36 Å². The van der Waals surface area contributed by atoms with Gasteiger partial charge in [-0.3, -0.25) is 18.4 Å². The third-order valence-electron chi connectivity index (χ3n) is 18.1. The molecule has 1 N–H and O–H groups in total. The van der Waals surface area contributed by atoms with E-state index in [4.69, 9.17) is 75.2 Å². The van der Waals surface area contributed by atoms with Crippen molar-refractivity contribution in [3.63, 3.8) is 0 Å². The van der Waals surface area contributed by atoms with Crippen molar-refractivity contribution in [2.75, 3.05) is 46.8 Å². The smallest absolute Gasteiger partial charge is 0.454 e. The van der Waals surface area contributed by atoms with E-state index in [1.165, 1.54) is 14.0 Å². The van der Waals surface area contributed by atoms with Crippen LogP contribution in [-0.2, 0) is 149 Å². The van der Waals surface area contributed by atoms with Crippen molar-refractivity contribution in [3.8, 4) is 0 Å². The number of hydrogen-bond acceptors (Lipinski definition) is 20. The Kier molecular flexibility index (Phi) is 36.1. The van der Waals surface area contributed by atoms with Crippen molar-refractivity contribution in [2.24, 2.45) is 0 Å². The van der Waals surface area contributed by atoms with Crippen molar-refractivity contribution in [2.45, 2.75) is 159 Å². The summed E-state index contributed by atoms with van der Waals surface area (Å²) in [7, 11) is -3.85. The van der Waals surface area contributed by atoms with Crippen LogP contribution in [0.1, 0.15) is 69.8 Å². The molecule has 20 nitrogen and oxygen atoms in total. The molecule has 0 saturated carbocycles. The number of ether oxygens (including phenoxy) is 13. The summed E-state index contributed by atoms with van der Waals surface area (Å²) in [5, 5.41) is 11.2. The molecule has 0 amide bonds. The Morgan fingerprint density at radius 2 is 0.775 bits per heavy atom. The summed E-state index contributed by atoms with van der Waals surface area (Å²) in [6.45, 7) is -1.78. The minimum absolute atomic E-state index is 0.0438. The summed E-state index contributed by atoms with van der Waals surface area (Å²) in [6, 6.07) is 83.2. The van der Waals surface area contributed by atoms with E-state index < -0.39 is 120 Å². The van der Waals surface area contributed by atoms with Crippen LogP contribution in [0.4, 0.5) is 8.78 Å². The van der Waals surface area contributed by atoms with Crippen LogP contribution in [0.25, 0.3) is 0 Å². The molecule has 0 bridgehead atoms. The molecule has 9 aromatic carbocycles. The van der Waals surface area contributed by atoms with Gasteiger partial charge in [0.25, 0.3) is 0 Å². The third-order valence-corrected chi connectivity index (χ3v) is 19.5. The van der Waals surface area contributed by atoms with Crippen LogP contribution in [0.15, 0.2) is 273 Å². The molecule has 1 aliphatic heterocycles. The van der Waals surface area contributed by atoms with Crippen LogP contribution in [0.5, 0.6) is 0 Å². The van der Waals surface area contributed by atoms with E-state index in [9.17, 15) is 14.7 Å². The summed E-state index contributed by atoms with van der Waals surface area (Å²) in [4.78, 5) is 25.6. The number of alkyl halides is 2. The number of hydrogen-bond donors (Lipinski definition) is 1. The van der Waals surface area contributed by atoms with Gasteiger partial charge in [-0.05, 0) is 57.0 Å². The number of rotatable bonds is 52. The number of ketones is 1. The van der Waals surface area contributed by atoms with Crippen molar-refractivity contribution < 1.29 is 103 Å². The lowest BCUT2D eigenvalue weighted by Gasteiger charge is -2.35. The number of halogens is 2. The second kappa shape index (κ2) is 47.2. The van der Waals surface area contributed by atoms with Gasteiger partial charge < -0.3 is 71.5 Å². The zero-order chi connectivity index (χ0) is 77.5. The number of phosphoric acid groups is 1. The first kappa shape index (κ1) is 85.0. The maximum Gasteiger partial charge on any atom is 0.475 e. The Morgan fingerprint density at radius 1 is 0.414 bits per heavy atom. The van der Waals surface area contributed by atoms with Gasteiger partial charge in [0.15, 0.2) is 18.6 Å². The van der Waals surface area contributed by atoms with Crippen LogP contribution in [0.2, 0.25) is 0 Å². The average molecular weight is 1550 g/mol. The van der Waals surface area contributed by atoms with E-state index in [-0.39, 0.29) is 91.3 Å². The number of aliphatic hydroxyl groups excluding tert-OH is 1. The molecule has 1 aliphatic rings. The topological polar surface area (TPSA) is 219 Å². The average Bonchev–Trinajstić information content (AvgIpc) is 1.69. The molecule has 23 heteroatoms. The number of Topliss-reactive ketones (excluding diaryl/α,β-unsaturated/α-hetero) is 1. The minimum atomic E-state index is -5.17. The van der Waals surface area contributed by atoms with E-state index in [0.29, 0.717) is 22.3 Å². The number of aliphatic hydroxyl groups is 1. The first-order valence-electron chi connectivity index (χ1n) is 37.1. The highest BCUT2D eigenvalue weighted by Crippen LogP contribution is 2.54. The maximum atomic E-state index is 18.4. The molecule has 111 heavy (non-hydrogen) atoms. The molecule has 1 saturated heterocycles. The maximum absolute atomic E-state index is 18.4. The summed E-state index contributed by atoms with van der Waals surface area (Å²) in [6.07, 6.45) is -20.3. The van der Waals surface area contributed by atoms with E-state index >= 15 is 13.3 Å². The first-order chi connectivity index (χ1) is 54.4. The monoisotopic (exact) mass is 1540 g/mol. The lowest BCUT2D eigenvalue weighted by atomic mass is 10.1. The summed E-state index contributed by atoms with van der Waals surface area (Å²) >= 11 is 0. The molecule has 10 rings (SSSR count). The van der Waals surface area contributed by atoms with Crippen molar-refractivity contribution in [3.05, 3.63) is 323 Å². The normalized spacial score (nSPS) is 18.0. The molecule has 9 aromatic rings. The highest BCUT2D eigenvalue weighted by atomic mass is 31.2. The second-order valence-corrected chi connectivity index (χ2v) is 28.2. The lowest BCUT2D eigenvalue weighted by Crippen LogP contribution is -2.49. The Morgan fingerprint density at radius 3 is 1.18 bits per heavy atom. The van der Waals surface area contributed by atoms with Crippen molar-refractivity contribution in [1.29, 1.82) is 0 Å². The molecular weight excluding hydrogens is 1450 g/mol. The van der Waals surface area contributed by atoms with Gasteiger partial charge in [0.1, 0.15) is 60.7 Å². The Bertz CT molecular complexity index is 4050. The molecule has 14 unspecified atom stereocenters. The number of benzene rings is 9. The third kappa shape index (κ3) is 29.2. The van der Waals surface area contributed by atoms with Crippen LogP contribution in [0, 0.1) is 0 Å². The zero-order valence-electron chi connectivity index (χ0n) is 62.4. The van der Waals surface area contributed by atoms with E-state index in [1.807, 2.05) is 243 Å². The van der Waals surface area contributed by atoms with Crippen LogP contribution >= 0.6 is 7.82 Å². The van der Waals surface area contributed by atoms with Crippen LogP contribution in [-0.4, -0.2) is 143 Å². The number of carbonyl (C=O) groups is 2. The molecule has 590 valence electrons. The van der Waals surface area contributed by atoms with E-state index in [2.05, 4.69) is 0 Å². The van der Waals surface area contributed by atoms with Gasteiger partial charge >= 0.3 is 13.8 Å². The molecule has 0 radical (unpaired) electrons. The molecule has 0 aromatic heterocycles. The van der Waals surface area contributed by atoms with E-state index in [0.717, 1.165) is 27.8 Å². The fourth-order valence-electron chi connectivity index (χ4n) is 12.0. The molecule has 14 atom stereocenters.